The number of nitrogens with zero attached hydrogens (tertiary/aromatic N) is 6. The molecule has 2 aromatic heterocycles. The summed E-state index contributed by atoms with van der Waals surface area (Å²) in [7, 11) is 0. The van der Waals surface area contributed by atoms with E-state index in [1.54, 1.807) is 11.3 Å². The molecule has 2 aliphatic heterocycles. The van der Waals surface area contributed by atoms with Gasteiger partial charge in [-0.15, -0.1) is 10.2 Å². The van der Waals surface area contributed by atoms with Crippen molar-refractivity contribution in [2.45, 2.75) is 26.3 Å². The maximum absolute atomic E-state index is 12.1. The number of anilines is 1. The van der Waals surface area contributed by atoms with Crippen LogP contribution >= 0.6 is 22.9 Å². The predicted molar refractivity (Wildman–Crippen MR) is 126 cm³/mol. The number of carbonyl (C=O) groups excluding carboxylic acids is 1. The predicted octanol–water partition coefficient (Wildman–Crippen LogP) is 3.92. The third-order valence-corrected chi connectivity index (χ3v) is 7.49. The summed E-state index contributed by atoms with van der Waals surface area (Å²) in [6, 6.07) is 11.7. The van der Waals surface area contributed by atoms with Crippen molar-refractivity contribution in [3.8, 4) is 11.1 Å². The van der Waals surface area contributed by atoms with Gasteiger partial charge in [-0.05, 0) is 31.9 Å². The number of aryl methyl sites for hydroxylation is 1. The van der Waals surface area contributed by atoms with Crippen LogP contribution in [-0.2, 0) is 16.1 Å². The van der Waals surface area contributed by atoms with Crippen molar-refractivity contribution >= 4 is 39.6 Å². The highest BCUT2D eigenvalue weighted by atomic mass is 35.5. The molecule has 0 spiro atoms. The molecular weight excluding hydrogens is 460 g/mol. The lowest BCUT2D eigenvalue weighted by molar-refractivity contribution is -0.147. The van der Waals surface area contributed by atoms with Gasteiger partial charge < -0.3 is 9.64 Å². The average molecular weight is 481 g/mol. The summed E-state index contributed by atoms with van der Waals surface area (Å²) in [5.74, 6) is 1.16. The highest BCUT2D eigenvalue weighted by Gasteiger charge is 2.30. The number of aromatic nitrogens is 3. The number of hydrogen-bond donors (Lipinski definition) is 0. The van der Waals surface area contributed by atoms with Crippen LogP contribution in [0.1, 0.15) is 35.6 Å². The normalized spacial score (nSPS) is 15.8. The Balaban J connectivity index is 1.48. The van der Waals surface area contributed by atoms with Gasteiger partial charge in [-0.1, -0.05) is 41.1 Å². The van der Waals surface area contributed by atoms with Gasteiger partial charge in [-0.2, -0.15) is 5.26 Å². The van der Waals surface area contributed by atoms with Crippen LogP contribution < -0.4 is 4.90 Å². The van der Waals surface area contributed by atoms with Crippen molar-refractivity contribution in [3.05, 3.63) is 58.1 Å². The minimum Gasteiger partial charge on any atom is -0.450 e. The zero-order valence-corrected chi connectivity index (χ0v) is 19.6. The lowest BCUT2D eigenvalue weighted by Gasteiger charge is -2.31. The van der Waals surface area contributed by atoms with E-state index in [1.807, 2.05) is 37.3 Å². The first kappa shape index (κ1) is 21.6. The van der Waals surface area contributed by atoms with Crippen LogP contribution in [0.3, 0.4) is 0 Å². The number of ether oxygens (including phenoxy) is 1. The second-order valence-corrected chi connectivity index (χ2v) is 9.39. The van der Waals surface area contributed by atoms with Gasteiger partial charge in [0, 0.05) is 29.2 Å². The standard InChI is InChI=1S/C23H21ClN6O2S/c1-14-27-28-19-13-26-21(16-4-2-3-5-18(16)24)17-12-20(33-22(17)30(14)19)29-9-6-15(7-10-29)23(31)32-11-8-25/h2-5,12,15H,6-7,9-11,13H2,1H3. The SMILES string of the molecule is Cc1nnc2n1-c1sc(N3CCC(C(=O)OCC#N)CC3)cc1C(c1ccccc1Cl)=NC2. The molecule has 4 heterocycles. The molecule has 0 radical (unpaired) electrons. The Morgan fingerprint density at radius 3 is 2.82 bits per heavy atom. The van der Waals surface area contributed by atoms with Gasteiger partial charge in [0.05, 0.1) is 16.6 Å². The van der Waals surface area contributed by atoms with Crippen LogP contribution in [0.5, 0.6) is 0 Å². The largest absolute Gasteiger partial charge is 0.450 e. The molecule has 168 valence electrons. The Bertz CT molecular complexity index is 1280. The van der Waals surface area contributed by atoms with Gasteiger partial charge >= 0.3 is 5.97 Å². The third-order valence-electron chi connectivity index (χ3n) is 5.98. The monoisotopic (exact) mass is 480 g/mol. The molecule has 3 aromatic rings. The minimum absolute atomic E-state index is 0.167. The lowest BCUT2D eigenvalue weighted by Crippen LogP contribution is -2.36. The van der Waals surface area contributed by atoms with Crippen LogP contribution in [-0.4, -0.2) is 46.1 Å². The van der Waals surface area contributed by atoms with Crippen LogP contribution in [0.2, 0.25) is 5.02 Å². The molecule has 0 aliphatic carbocycles. The molecule has 0 saturated carbocycles. The van der Waals surface area contributed by atoms with Crippen molar-refractivity contribution in [1.82, 2.24) is 14.8 Å². The number of nitriles is 1. The van der Waals surface area contributed by atoms with Crippen LogP contribution in [0.25, 0.3) is 5.00 Å². The molecule has 0 unspecified atom stereocenters. The third kappa shape index (κ3) is 4.01. The number of rotatable bonds is 4. The molecule has 0 N–H and O–H groups in total. The first-order valence-electron chi connectivity index (χ1n) is 10.7. The van der Waals surface area contributed by atoms with E-state index in [1.165, 1.54) is 0 Å². The molecule has 10 heteroatoms. The first-order valence-corrected chi connectivity index (χ1v) is 11.9. The number of aliphatic imine (C=N–C) groups is 1. The second kappa shape index (κ2) is 8.96. The molecule has 1 fully saturated rings. The van der Waals surface area contributed by atoms with E-state index in [4.69, 9.17) is 26.6 Å². The number of thiophene rings is 1. The molecule has 0 amide bonds. The van der Waals surface area contributed by atoms with Crippen molar-refractivity contribution in [2.24, 2.45) is 10.9 Å². The van der Waals surface area contributed by atoms with E-state index >= 15 is 0 Å². The van der Waals surface area contributed by atoms with Crippen molar-refractivity contribution in [1.29, 1.82) is 5.26 Å². The summed E-state index contributed by atoms with van der Waals surface area (Å²) < 4.78 is 7.08. The summed E-state index contributed by atoms with van der Waals surface area (Å²) in [5.41, 5.74) is 2.73. The Morgan fingerprint density at radius 1 is 1.27 bits per heavy atom. The summed E-state index contributed by atoms with van der Waals surface area (Å²) in [6.07, 6.45) is 1.38. The summed E-state index contributed by atoms with van der Waals surface area (Å²) in [4.78, 5) is 19.3. The fourth-order valence-electron chi connectivity index (χ4n) is 4.31. The number of hydrogen-bond acceptors (Lipinski definition) is 8. The summed E-state index contributed by atoms with van der Waals surface area (Å²) in [6.45, 7) is 3.64. The number of halogens is 1. The number of esters is 1. The molecular formula is C23H21ClN6O2S. The summed E-state index contributed by atoms with van der Waals surface area (Å²) >= 11 is 8.21. The van der Waals surface area contributed by atoms with E-state index in [-0.39, 0.29) is 18.5 Å². The molecule has 2 aliphatic rings. The van der Waals surface area contributed by atoms with E-state index in [0.29, 0.717) is 24.4 Å². The Kier molecular flexibility index (Phi) is 5.87. The Morgan fingerprint density at radius 2 is 2.06 bits per heavy atom. The van der Waals surface area contributed by atoms with Gasteiger partial charge in [0.1, 0.15) is 23.4 Å². The zero-order chi connectivity index (χ0) is 22.9. The average Bonchev–Trinajstić information content (AvgIpc) is 3.38. The fourth-order valence-corrected chi connectivity index (χ4v) is 5.81. The van der Waals surface area contributed by atoms with Gasteiger partial charge in [0.25, 0.3) is 0 Å². The maximum Gasteiger partial charge on any atom is 0.310 e. The topological polar surface area (TPSA) is 96.4 Å². The maximum atomic E-state index is 12.1. The molecule has 5 rings (SSSR count). The van der Waals surface area contributed by atoms with Crippen LogP contribution in [0, 0.1) is 24.2 Å². The van der Waals surface area contributed by atoms with E-state index < -0.39 is 0 Å². The molecule has 0 bridgehead atoms. The lowest BCUT2D eigenvalue weighted by atomic mass is 9.97. The van der Waals surface area contributed by atoms with Crippen molar-refractivity contribution < 1.29 is 9.53 Å². The molecule has 33 heavy (non-hydrogen) atoms. The Labute approximate surface area is 200 Å². The Hall–Kier alpha value is -3.22. The van der Waals surface area contributed by atoms with Crippen LogP contribution in [0.4, 0.5) is 5.00 Å². The number of carbonyl (C=O) groups is 1. The van der Waals surface area contributed by atoms with E-state index in [9.17, 15) is 4.79 Å². The number of fused-ring (bicyclic) bond motifs is 3. The number of benzene rings is 1. The minimum atomic E-state index is -0.281. The number of piperidine rings is 1. The van der Waals surface area contributed by atoms with Gasteiger partial charge in [0.2, 0.25) is 0 Å². The van der Waals surface area contributed by atoms with E-state index in [0.717, 1.165) is 51.6 Å². The quantitative estimate of drug-likeness (QED) is 0.525. The van der Waals surface area contributed by atoms with Crippen molar-refractivity contribution in [3.63, 3.8) is 0 Å². The zero-order valence-electron chi connectivity index (χ0n) is 18.0. The summed E-state index contributed by atoms with van der Waals surface area (Å²) in [5, 5.41) is 20.0. The fraction of sp³-hybridized carbons (Fsp3) is 0.348. The second-order valence-electron chi connectivity index (χ2n) is 7.97. The molecule has 8 nitrogen and oxygen atoms in total. The molecule has 1 saturated heterocycles. The highest BCUT2D eigenvalue weighted by Crippen LogP contribution is 2.39. The van der Waals surface area contributed by atoms with Gasteiger partial charge in [-0.3, -0.25) is 14.4 Å². The highest BCUT2D eigenvalue weighted by molar-refractivity contribution is 7.19. The van der Waals surface area contributed by atoms with Gasteiger partial charge in [-0.25, -0.2) is 0 Å². The first-order chi connectivity index (χ1) is 16.1. The van der Waals surface area contributed by atoms with Gasteiger partial charge in [0.15, 0.2) is 12.4 Å². The van der Waals surface area contributed by atoms with Crippen molar-refractivity contribution in [2.75, 3.05) is 24.6 Å². The molecule has 1 aromatic carbocycles. The van der Waals surface area contributed by atoms with Crippen LogP contribution in [0.15, 0.2) is 35.3 Å². The smallest absolute Gasteiger partial charge is 0.310 e. The molecule has 0 atom stereocenters. The van der Waals surface area contributed by atoms with E-state index in [2.05, 4.69) is 25.7 Å².